The molecular weight excluding hydrogens is 321 g/mol. The van der Waals surface area contributed by atoms with E-state index >= 15 is 0 Å². The highest BCUT2D eigenvalue weighted by molar-refractivity contribution is 6.32. The zero-order valence-electron chi connectivity index (χ0n) is 12.0. The molecule has 4 nitrogen and oxygen atoms in total. The fourth-order valence-corrected chi connectivity index (χ4v) is 2.50. The SMILES string of the molecule is Cn1cc(C(=O)Oc2ccc(F)cc2Cl)c2ccccc2c1=O. The molecule has 3 rings (SSSR count). The van der Waals surface area contributed by atoms with Gasteiger partial charge in [0.1, 0.15) is 11.6 Å². The Kier molecular flexibility index (Phi) is 3.88. The van der Waals surface area contributed by atoms with Crippen LogP contribution in [0.1, 0.15) is 10.4 Å². The van der Waals surface area contributed by atoms with Gasteiger partial charge in [-0.1, -0.05) is 29.8 Å². The highest BCUT2D eigenvalue weighted by atomic mass is 35.5. The van der Waals surface area contributed by atoms with Crippen molar-refractivity contribution in [2.75, 3.05) is 0 Å². The third kappa shape index (κ3) is 2.83. The van der Waals surface area contributed by atoms with Crippen molar-refractivity contribution in [2.24, 2.45) is 7.05 Å². The Morgan fingerprint density at radius 1 is 1.17 bits per heavy atom. The molecule has 0 aliphatic carbocycles. The summed E-state index contributed by atoms with van der Waals surface area (Å²) in [6, 6.07) is 10.2. The van der Waals surface area contributed by atoms with E-state index in [1.807, 2.05) is 0 Å². The Bertz CT molecular complexity index is 981. The first kappa shape index (κ1) is 15.2. The first-order valence-corrected chi connectivity index (χ1v) is 7.11. The number of carbonyl (C=O) groups excluding carboxylic acids is 1. The summed E-state index contributed by atoms with van der Waals surface area (Å²) in [5, 5.41) is 0.890. The highest BCUT2D eigenvalue weighted by Gasteiger charge is 2.17. The van der Waals surface area contributed by atoms with E-state index in [4.69, 9.17) is 16.3 Å². The van der Waals surface area contributed by atoms with Gasteiger partial charge in [0.05, 0.1) is 10.6 Å². The van der Waals surface area contributed by atoms with Crippen LogP contribution in [-0.4, -0.2) is 10.5 Å². The van der Waals surface area contributed by atoms with E-state index in [1.54, 1.807) is 31.3 Å². The van der Waals surface area contributed by atoms with Crippen molar-refractivity contribution >= 4 is 28.3 Å². The van der Waals surface area contributed by atoms with Gasteiger partial charge in [0.25, 0.3) is 5.56 Å². The van der Waals surface area contributed by atoms with Crippen LogP contribution in [0.3, 0.4) is 0 Å². The number of benzene rings is 2. The molecule has 0 fully saturated rings. The smallest absolute Gasteiger partial charge is 0.345 e. The number of halogens is 2. The van der Waals surface area contributed by atoms with Gasteiger partial charge in [0, 0.05) is 24.0 Å². The lowest BCUT2D eigenvalue weighted by atomic mass is 10.1. The number of hydrogen-bond acceptors (Lipinski definition) is 3. The largest absolute Gasteiger partial charge is 0.421 e. The number of fused-ring (bicyclic) bond motifs is 1. The lowest BCUT2D eigenvalue weighted by Crippen LogP contribution is -2.20. The Labute approximate surface area is 135 Å². The van der Waals surface area contributed by atoms with E-state index in [-0.39, 0.29) is 21.9 Å². The van der Waals surface area contributed by atoms with Crippen LogP contribution < -0.4 is 10.3 Å². The molecule has 0 aliphatic heterocycles. The van der Waals surface area contributed by atoms with Gasteiger partial charge < -0.3 is 9.30 Å². The van der Waals surface area contributed by atoms with Crippen LogP contribution in [0.2, 0.25) is 5.02 Å². The van der Waals surface area contributed by atoms with E-state index in [0.29, 0.717) is 10.8 Å². The third-order valence-electron chi connectivity index (χ3n) is 3.41. The number of rotatable bonds is 2. The predicted octanol–water partition coefficient (Wildman–Crippen LogP) is 3.55. The summed E-state index contributed by atoms with van der Waals surface area (Å²) in [5.41, 5.74) is 0.0139. The average molecular weight is 332 g/mol. The molecule has 0 radical (unpaired) electrons. The lowest BCUT2D eigenvalue weighted by molar-refractivity contribution is 0.0736. The molecule has 0 spiro atoms. The van der Waals surface area contributed by atoms with Crippen LogP contribution >= 0.6 is 11.6 Å². The molecular formula is C17H11ClFNO3. The summed E-state index contributed by atoms with van der Waals surface area (Å²) in [6.45, 7) is 0. The summed E-state index contributed by atoms with van der Waals surface area (Å²) in [6.07, 6.45) is 1.41. The molecule has 0 unspecified atom stereocenters. The zero-order chi connectivity index (χ0) is 16.6. The van der Waals surface area contributed by atoms with Crippen LogP contribution in [0.15, 0.2) is 53.5 Å². The molecule has 1 heterocycles. The topological polar surface area (TPSA) is 48.3 Å². The maximum absolute atomic E-state index is 13.1. The van der Waals surface area contributed by atoms with Crippen LogP contribution in [0.5, 0.6) is 5.75 Å². The second-order valence-corrected chi connectivity index (χ2v) is 5.38. The van der Waals surface area contributed by atoms with Crippen molar-refractivity contribution in [1.29, 1.82) is 0 Å². The second-order valence-electron chi connectivity index (χ2n) is 4.97. The number of hydrogen-bond donors (Lipinski definition) is 0. The predicted molar refractivity (Wildman–Crippen MR) is 85.6 cm³/mol. The Balaban J connectivity index is 2.08. The summed E-state index contributed by atoms with van der Waals surface area (Å²) < 4.78 is 19.6. The van der Waals surface area contributed by atoms with E-state index in [2.05, 4.69) is 0 Å². The molecule has 0 bridgehead atoms. The normalized spacial score (nSPS) is 10.7. The van der Waals surface area contributed by atoms with E-state index in [0.717, 1.165) is 12.1 Å². The van der Waals surface area contributed by atoms with Gasteiger partial charge >= 0.3 is 5.97 Å². The molecule has 0 aliphatic rings. The quantitative estimate of drug-likeness (QED) is 0.533. The number of nitrogens with zero attached hydrogens (tertiary/aromatic N) is 1. The van der Waals surface area contributed by atoms with Crippen LogP contribution in [0, 0.1) is 5.82 Å². The van der Waals surface area contributed by atoms with Crippen LogP contribution in [0.25, 0.3) is 10.8 Å². The standard InChI is InChI=1S/C17H11ClFNO3/c1-20-9-13(11-4-2-3-5-12(11)16(20)21)17(22)23-15-7-6-10(19)8-14(15)18/h2-9H,1H3. The molecule has 0 saturated heterocycles. The zero-order valence-corrected chi connectivity index (χ0v) is 12.8. The fourth-order valence-electron chi connectivity index (χ4n) is 2.29. The lowest BCUT2D eigenvalue weighted by Gasteiger charge is -2.10. The Hall–Kier alpha value is -2.66. The Morgan fingerprint density at radius 3 is 2.57 bits per heavy atom. The second kappa shape index (κ2) is 5.85. The molecule has 3 aromatic rings. The first-order chi connectivity index (χ1) is 11.0. The highest BCUT2D eigenvalue weighted by Crippen LogP contribution is 2.26. The third-order valence-corrected chi connectivity index (χ3v) is 3.70. The summed E-state index contributed by atoms with van der Waals surface area (Å²) in [4.78, 5) is 24.5. The van der Waals surface area contributed by atoms with Gasteiger partial charge in [-0.3, -0.25) is 4.79 Å². The van der Waals surface area contributed by atoms with E-state index in [1.165, 1.54) is 16.8 Å². The van der Waals surface area contributed by atoms with Crippen molar-refractivity contribution in [3.63, 3.8) is 0 Å². The van der Waals surface area contributed by atoms with E-state index in [9.17, 15) is 14.0 Å². The monoisotopic (exact) mass is 331 g/mol. The molecule has 1 aromatic heterocycles. The first-order valence-electron chi connectivity index (χ1n) is 6.73. The van der Waals surface area contributed by atoms with Gasteiger partial charge in [0.2, 0.25) is 0 Å². The van der Waals surface area contributed by atoms with Crippen LogP contribution in [0.4, 0.5) is 4.39 Å². The van der Waals surface area contributed by atoms with Gasteiger partial charge in [-0.15, -0.1) is 0 Å². The number of carbonyl (C=O) groups is 1. The van der Waals surface area contributed by atoms with Crippen molar-refractivity contribution in [3.8, 4) is 5.75 Å². The minimum Gasteiger partial charge on any atom is -0.421 e. The van der Waals surface area contributed by atoms with Crippen molar-refractivity contribution in [1.82, 2.24) is 4.57 Å². The minimum absolute atomic E-state index is 0.00697. The van der Waals surface area contributed by atoms with Gasteiger partial charge in [-0.25, -0.2) is 9.18 Å². The maximum Gasteiger partial charge on any atom is 0.345 e. The van der Waals surface area contributed by atoms with Gasteiger partial charge in [0.15, 0.2) is 0 Å². The van der Waals surface area contributed by atoms with Crippen molar-refractivity contribution in [2.45, 2.75) is 0 Å². The maximum atomic E-state index is 13.1. The number of ether oxygens (including phenoxy) is 1. The number of esters is 1. The molecule has 0 N–H and O–H groups in total. The molecule has 6 heteroatoms. The summed E-state index contributed by atoms with van der Waals surface area (Å²) in [7, 11) is 1.55. The molecule has 0 saturated carbocycles. The van der Waals surface area contributed by atoms with Gasteiger partial charge in [-0.2, -0.15) is 0 Å². The fraction of sp³-hybridized carbons (Fsp3) is 0.0588. The molecule has 23 heavy (non-hydrogen) atoms. The number of pyridine rings is 1. The van der Waals surface area contributed by atoms with Gasteiger partial charge in [-0.05, 0) is 24.3 Å². The molecule has 0 atom stereocenters. The molecule has 116 valence electrons. The van der Waals surface area contributed by atoms with Crippen molar-refractivity contribution in [3.05, 3.63) is 75.4 Å². The van der Waals surface area contributed by atoms with Crippen molar-refractivity contribution < 1.29 is 13.9 Å². The molecule has 0 amide bonds. The summed E-state index contributed by atoms with van der Waals surface area (Å²) >= 11 is 5.86. The number of aryl methyl sites for hydroxylation is 1. The number of aromatic nitrogens is 1. The van der Waals surface area contributed by atoms with Crippen LogP contribution in [-0.2, 0) is 7.05 Å². The van der Waals surface area contributed by atoms with E-state index < -0.39 is 11.8 Å². The minimum atomic E-state index is -0.676. The molecule has 2 aromatic carbocycles. The Morgan fingerprint density at radius 2 is 1.87 bits per heavy atom. The average Bonchev–Trinajstić information content (AvgIpc) is 2.53. The summed E-state index contributed by atoms with van der Waals surface area (Å²) in [5.74, 6) is -1.15.